The Bertz CT molecular complexity index is 967. The third-order valence-electron chi connectivity index (χ3n) is 4.77. The molecule has 1 aliphatic heterocycles. The van der Waals surface area contributed by atoms with E-state index >= 15 is 0 Å². The van der Waals surface area contributed by atoms with E-state index in [0.717, 1.165) is 45.3 Å². The lowest BCUT2D eigenvalue weighted by Crippen LogP contribution is -2.36. The van der Waals surface area contributed by atoms with Gasteiger partial charge in [0.25, 0.3) is 11.1 Å². The number of halogens is 2. The lowest BCUT2D eigenvalue weighted by Gasteiger charge is -2.19. The maximum Gasteiger partial charge on any atom is 0.293 e. The molecule has 0 N–H and O–H groups in total. The number of hydrogen-bond acceptors (Lipinski definition) is 3. The van der Waals surface area contributed by atoms with Crippen molar-refractivity contribution in [3.05, 3.63) is 55.6 Å². The summed E-state index contributed by atoms with van der Waals surface area (Å²) >= 11 is 10.7. The predicted octanol–water partition coefficient (Wildman–Crippen LogP) is 6.34. The van der Waals surface area contributed by atoms with E-state index in [1.807, 2.05) is 58.0 Å². The van der Waals surface area contributed by atoms with Gasteiger partial charge >= 0.3 is 0 Å². The van der Waals surface area contributed by atoms with Gasteiger partial charge in [0.15, 0.2) is 0 Å². The molecule has 142 valence electrons. The normalized spacial score (nSPS) is 17.3. The van der Waals surface area contributed by atoms with Crippen LogP contribution in [0, 0.1) is 13.8 Å². The van der Waals surface area contributed by atoms with E-state index in [2.05, 4.69) is 20.5 Å². The van der Waals surface area contributed by atoms with Crippen molar-refractivity contribution in [3.63, 3.8) is 0 Å². The van der Waals surface area contributed by atoms with E-state index in [4.69, 9.17) is 11.6 Å². The average Bonchev–Trinajstić information content (AvgIpc) is 3.05. The quantitative estimate of drug-likeness (QED) is 0.492. The number of benzene rings is 1. The highest BCUT2D eigenvalue weighted by Crippen LogP contribution is 2.35. The largest absolute Gasteiger partial charge is 0.318 e. The number of aromatic nitrogens is 1. The highest BCUT2D eigenvalue weighted by atomic mass is 79.9. The second kappa shape index (κ2) is 7.86. The Hall–Kier alpha value is -1.50. The van der Waals surface area contributed by atoms with Crippen molar-refractivity contribution >= 4 is 56.5 Å². The molecule has 0 bridgehead atoms. The van der Waals surface area contributed by atoms with Gasteiger partial charge in [-0.25, -0.2) is 0 Å². The summed E-state index contributed by atoms with van der Waals surface area (Å²) in [6, 6.07) is 7.71. The van der Waals surface area contributed by atoms with Crippen LogP contribution >= 0.6 is 39.3 Å². The molecule has 1 fully saturated rings. The topological polar surface area (TPSA) is 42.3 Å². The average molecular weight is 468 g/mol. The van der Waals surface area contributed by atoms with Crippen molar-refractivity contribution in [2.45, 2.75) is 40.2 Å². The van der Waals surface area contributed by atoms with Crippen LogP contribution < -0.4 is 0 Å². The molecule has 1 aromatic carbocycles. The zero-order valence-corrected chi connectivity index (χ0v) is 18.7. The lowest BCUT2D eigenvalue weighted by atomic mass is 10.2. The fourth-order valence-electron chi connectivity index (χ4n) is 3.14. The molecule has 1 saturated heterocycles. The van der Waals surface area contributed by atoms with Gasteiger partial charge in [-0.15, -0.1) is 0 Å². The Balaban J connectivity index is 2.00. The summed E-state index contributed by atoms with van der Waals surface area (Å²) < 4.78 is 2.93. The first-order valence-corrected chi connectivity index (χ1v) is 10.6. The molecule has 0 saturated carbocycles. The molecule has 3 rings (SSSR count). The zero-order chi connectivity index (χ0) is 19.9. The van der Waals surface area contributed by atoms with Crippen molar-refractivity contribution < 1.29 is 9.59 Å². The van der Waals surface area contributed by atoms with Gasteiger partial charge in [0.1, 0.15) is 0 Å². The summed E-state index contributed by atoms with van der Waals surface area (Å²) in [6.45, 7) is 7.86. The molecule has 0 aliphatic carbocycles. The van der Waals surface area contributed by atoms with Crippen molar-refractivity contribution in [1.29, 1.82) is 0 Å². The van der Waals surface area contributed by atoms with Gasteiger partial charge in [0, 0.05) is 27.6 Å². The molecule has 1 aromatic heterocycles. The fourth-order valence-corrected chi connectivity index (χ4v) is 4.48. The lowest BCUT2D eigenvalue weighted by molar-refractivity contribution is -0.124. The van der Waals surface area contributed by atoms with Crippen LogP contribution in [0.15, 0.2) is 33.6 Å². The molecule has 1 aliphatic rings. The van der Waals surface area contributed by atoms with Gasteiger partial charge in [-0.05, 0) is 90.8 Å². The van der Waals surface area contributed by atoms with Crippen molar-refractivity contribution in [1.82, 2.24) is 9.47 Å². The summed E-state index contributed by atoms with van der Waals surface area (Å²) in [5.74, 6) is -0.212. The summed E-state index contributed by atoms with van der Waals surface area (Å²) in [4.78, 5) is 26.7. The van der Waals surface area contributed by atoms with Gasteiger partial charge in [-0.3, -0.25) is 14.5 Å². The maximum absolute atomic E-state index is 12.7. The number of aryl methyl sites for hydroxylation is 1. The van der Waals surface area contributed by atoms with Crippen LogP contribution in [-0.2, 0) is 4.79 Å². The van der Waals surface area contributed by atoms with Crippen LogP contribution in [0.2, 0.25) is 5.02 Å². The summed E-state index contributed by atoms with van der Waals surface area (Å²) in [5.41, 5.74) is 3.88. The van der Waals surface area contributed by atoms with E-state index in [1.54, 1.807) is 0 Å². The van der Waals surface area contributed by atoms with Crippen LogP contribution in [0.25, 0.3) is 11.8 Å². The number of rotatable bonds is 4. The Labute approximate surface area is 176 Å². The standard InChI is InChI=1S/C20H20BrClN2O2S/c1-5-11(2)24-19(25)18(27-20(24)26)9-14-8-12(3)23(13(14)4)15-6-7-16(21)17(22)10-15/h6-11H,5H2,1-4H3/b18-9+/t11-/m0/s1. The van der Waals surface area contributed by atoms with Crippen molar-refractivity contribution in [2.24, 2.45) is 0 Å². The van der Waals surface area contributed by atoms with Crippen LogP contribution in [0.3, 0.4) is 0 Å². The van der Waals surface area contributed by atoms with Gasteiger partial charge in [0.2, 0.25) is 0 Å². The monoisotopic (exact) mass is 466 g/mol. The molecule has 2 amide bonds. The van der Waals surface area contributed by atoms with Gasteiger partial charge in [-0.1, -0.05) is 18.5 Å². The first kappa shape index (κ1) is 20.2. The molecular formula is C20H20BrClN2O2S. The van der Waals surface area contributed by atoms with E-state index in [1.165, 1.54) is 4.90 Å². The number of thioether (sulfide) groups is 1. The third kappa shape index (κ3) is 3.75. The Kier molecular flexibility index (Phi) is 5.89. The van der Waals surface area contributed by atoms with Crippen molar-refractivity contribution in [3.8, 4) is 5.69 Å². The second-order valence-electron chi connectivity index (χ2n) is 6.57. The molecular weight excluding hydrogens is 448 g/mol. The number of hydrogen-bond donors (Lipinski definition) is 0. The Morgan fingerprint density at radius 3 is 2.59 bits per heavy atom. The number of imide groups is 1. The number of nitrogens with zero attached hydrogens (tertiary/aromatic N) is 2. The van der Waals surface area contributed by atoms with Gasteiger partial charge in [0.05, 0.1) is 9.93 Å². The molecule has 27 heavy (non-hydrogen) atoms. The first-order chi connectivity index (χ1) is 12.7. The maximum atomic E-state index is 12.7. The highest BCUT2D eigenvalue weighted by Gasteiger charge is 2.37. The summed E-state index contributed by atoms with van der Waals surface area (Å²) in [7, 11) is 0. The zero-order valence-electron chi connectivity index (χ0n) is 15.5. The predicted molar refractivity (Wildman–Crippen MR) is 116 cm³/mol. The smallest absolute Gasteiger partial charge is 0.293 e. The number of carbonyl (C=O) groups is 2. The minimum absolute atomic E-state index is 0.0965. The molecule has 7 heteroatoms. The van der Waals surface area contributed by atoms with E-state index < -0.39 is 0 Å². The molecule has 0 unspecified atom stereocenters. The molecule has 0 spiro atoms. The Morgan fingerprint density at radius 1 is 1.26 bits per heavy atom. The van der Waals surface area contributed by atoms with E-state index in [9.17, 15) is 9.59 Å². The highest BCUT2D eigenvalue weighted by molar-refractivity contribution is 9.10. The van der Waals surface area contributed by atoms with Crippen LogP contribution in [0.5, 0.6) is 0 Å². The first-order valence-electron chi connectivity index (χ1n) is 8.66. The van der Waals surface area contributed by atoms with Crippen LogP contribution in [0.1, 0.15) is 37.2 Å². The molecule has 2 aromatic rings. The molecule has 1 atom stereocenters. The molecule has 4 nitrogen and oxygen atoms in total. The van der Waals surface area contributed by atoms with Crippen molar-refractivity contribution in [2.75, 3.05) is 0 Å². The second-order valence-corrected chi connectivity index (χ2v) is 8.82. The fraction of sp³-hybridized carbons (Fsp3) is 0.300. The summed E-state index contributed by atoms with van der Waals surface area (Å²) in [5, 5.41) is 0.435. The summed E-state index contributed by atoms with van der Waals surface area (Å²) in [6.07, 6.45) is 2.55. The number of amides is 2. The Morgan fingerprint density at radius 2 is 1.96 bits per heavy atom. The van der Waals surface area contributed by atoms with E-state index in [-0.39, 0.29) is 17.2 Å². The van der Waals surface area contributed by atoms with E-state index in [0.29, 0.717) is 9.93 Å². The van der Waals surface area contributed by atoms with Gasteiger partial charge in [-0.2, -0.15) is 0 Å². The molecule has 0 radical (unpaired) electrons. The minimum atomic E-state index is -0.212. The van der Waals surface area contributed by atoms with Crippen LogP contribution in [0.4, 0.5) is 4.79 Å². The van der Waals surface area contributed by atoms with Crippen LogP contribution in [-0.4, -0.2) is 26.7 Å². The molecule has 2 heterocycles. The third-order valence-corrected chi connectivity index (χ3v) is 6.89. The number of carbonyl (C=O) groups excluding carboxylic acids is 2. The minimum Gasteiger partial charge on any atom is -0.318 e. The SMILES string of the molecule is CC[C@H](C)N1C(=O)S/C(=C/c2cc(C)n(-c3ccc(Br)c(Cl)c3)c2C)C1=O. The van der Waals surface area contributed by atoms with Gasteiger partial charge < -0.3 is 4.57 Å².